The number of nitrogens with one attached hydrogen (secondary N) is 1. The molecule has 0 aliphatic carbocycles. The number of halogens is 1. The lowest BCUT2D eigenvalue weighted by molar-refractivity contribution is -0.122. The number of rotatable bonds is 5. The quantitative estimate of drug-likeness (QED) is 0.485. The molecule has 0 saturated carbocycles. The number of imidazole rings is 1. The number of benzene rings is 2. The second-order valence-corrected chi connectivity index (χ2v) is 7.18. The van der Waals surface area contributed by atoms with E-state index in [1.807, 2.05) is 72.2 Å². The van der Waals surface area contributed by atoms with Crippen molar-refractivity contribution in [1.29, 1.82) is 0 Å². The Labute approximate surface area is 173 Å². The molecule has 2 aromatic carbocycles. The first-order chi connectivity index (χ1) is 14.0. The topological polar surface area (TPSA) is 55.6 Å². The van der Waals surface area contributed by atoms with Gasteiger partial charge < -0.3 is 14.5 Å². The Morgan fingerprint density at radius 3 is 2.66 bits per heavy atom. The van der Waals surface area contributed by atoms with Crippen LogP contribution >= 0.6 is 11.6 Å². The third-order valence-corrected chi connectivity index (χ3v) is 4.96. The minimum atomic E-state index is -0.716. The van der Waals surface area contributed by atoms with Crippen molar-refractivity contribution in [2.75, 3.05) is 5.32 Å². The second-order valence-electron chi connectivity index (χ2n) is 6.77. The zero-order valence-electron chi connectivity index (χ0n) is 16.1. The first-order valence-corrected chi connectivity index (χ1v) is 9.66. The van der Waals surface area contributed by atoms with Crippen molar-refractivity contribution in [3.63, 3.8) is 0 Å². The number of aryl methyl sites for hydroxylation is 1. The van der Waals surface area contributed by atoms with Crippen LogP contribution in [0.5, 0.6) is 5.75 Å². The first-order valence-electron chi connectivity index (χ1n) is 9.28. The van der Waals surface area contributed by atoms with E-state index < -0.39 is 6.10 Å². The molecule has 0 aliphatic heterocycles. The number of para-hydroxylation sites is 2. The lowest BCUT2D eigenvalue weighted by Gasteiger charge is -2.16. The highest BCUT2D eigenvalue weighted by Gasteiger charge is 2.18. The normalized spacial score (nSPS) is 12.0. The molecule has 0 fully saturated rings. The number of carbonyl (C=O) groups is 1. The van der Waals surface area contributed by atoms with Crippen molar-refractivity contribution in [1.82, 2.24) is 9.38 Å². The molecule has 0 bridgehead atoms. The first kappa shape index (κ1) is 19.0. The Hall–Kier alpha value is -3.31. The summed E-state index contributed by atoms with van der Waals surface area (Å²) in [5, 5.41) is 3.42. The number of carbonyl (C=O) groups excluding carboxylic acids is 1. The molecule has 0 radical (unpaired) electrons. The molecule has 29 heavy (non-hydrogen) atoms. The molecule has 4 aromatic rings. The van der Waals surface area contributed by atoms with E-state index in [1.165, 1.54) is 0 Å². The monoisotopic (exact) mass is 405 g/mol. The third kappa shape index (κ3) is 3.96. The lowest BCUT2D eigenvalue weighted by Crippen LogP contribution is -2.30. The molecule has 146 valence electrons. The van der Waals surface area contributed by atoms with Crippen LogP contribution in [0, 0.1) is 6.92 Å². The number of hydrogen-bond donors (Lipinski definition) is 1. The molecule has 0 unspecified atom stereocenters. The zero-order chi connectivity index (χ0) is 20.4. The van der Waals surface area contributed by atoms with Crippen molar-refractivity contribution in [3.8, 4) is 17.0 Å². The van der Waals surface area contributed by atoms with Crippen molar-refractivity contribution in [2.45, 2.75) is 20.0 Å². The fraction of sp³-hybridized carbons (Fsp3) is 0.130. The predicted molar refractivity (Wildman–Crippen MR) is 116 cm³/mol. The smallest absolute Gasteiger partial charge is 0.265 e. The van der Waals surface area contributed by atoms with Gasteiger partial charge in [-0.25, -0.2) is 4.98 Å². The van der Waals surface area contributed by atoms with Crippen LogP contribution < -0.4 is 10.1 Å². The number of aromatic nitrogens is 2. The molecule has 1 N–H and O–H groups in total. The molecule has 0 aliphatic rings. The van der Waals surface area contributed by atoms with E-state index in [2.05, 4.69) is 5.32 Å². The largest absolute Gasteiger partial charge is 0.479 e. The Morgan fingerprint density at radius 2 is 1.86 bits per heavy atom. The van der Waals surface area contributed by atoms with Gasteiger partial charge in [0.25, 0.3) is 5.91 Å². The lowest BCUT2D eigenvalue weighted by atomic mass is 10.1. The van der Waals surface area contributed by atoms with Crippen LogP contribution in [0.3, 0.4) is 0 Å². The maximum atomic E-state index is 12.7. The summed E-state index contributed by atoms with van der Waals surface area (Å²) in [5.74, 6) is 0.207. The summed E-state index contributed by atoms with van der Waals surface area (Å²) in [5.41, 5.74) is 4.28. The van der Waals surface area contributed by atoms with Crippen molar-refractivity contribution >= 4 is 28.8 Å². The fourth-order valence-corrected chi connectivity index (χ4v) is 3.30. The molecule has 1 amide bonds. The van der Waals surface area contributed by atoms with Crippen LogP contribution in [0.4, 0.5) is 5.69 Å². The average molecular weight is 406 g/mol. The Bertz CT molecular complexity index is 1190. The third-order valence-electron chi connectivity index (χ3n) is 4.65. The maximum Gasteiger partial charge on any atom is 0.265 e. The Kier molecular flexibility index (Phi) is 5.23. The predicted octanol–water partition coefficient (Wildman–Crippen LogP) is 5.37. The van der Waals surface area contributed by atoms with E-state index >= 15 is 0 Å². The standard InChI is InChI=1S/C23H20ClN3O2/c1-15-8-7-13-27-14-20(25-22(15)27)17-9-3-5-11-19(17)26-23(28)16(2)29-21-12-6-4-10-18(21)24/h3-14,16H,1-2H3,(H,26,28)/t16-/m0/s1. The van der Waals surface area contributed by atoms with E-state index in [1.54, 1.807) is 19.1 Å². The van der Waals surface area contributed by atoms with Gasteiger partial charge in [-0.15, -0.1) is 0 Å². The van der Waals surface area contributed by atoms with Crippen molar-refractivity contribution in [2.24, 2.45) is 0 Å². The summed E-state index contributed by atoms with van der Waals surface area (Å²) < 4.78 is 7.70. The van der Waals surface area contributed by atoms with E-state index in [-0.39, 0.29) is 5.91 Å². The molecule has 4 rings (SSSR count). The van der Waals surface area contributed by atoms with Crippen molar-refractivity contribution < 1.29 is 9.53 Å². The summed E-state index contributed by atoms with van der Waals surface area (Å²) in [7, 11) is 0. The molecule has 0 saturated heterocycles. The minimum absolute atomic E-state index is 0.266. The highest BCUT2D eigenvalue weighted by atomic mass is 35.5. The number of amides is 1. The highest BCUT2D eigenvalue weighted by Crippen LogP contribution is 2.29. The summed E-state index contributed by atoms with van der Waals surface area (Å²) in [6.07, 6.45) is 3.20. The van der Waals surface area contributed by atoms with Crippen molar-refractivity contribution in [3.05, 3.63) is 83.6 Å². The van der Waals surface area contributed by atoms with E-state index in [9.17, 15) is 4.79 Å². The number of fused-ring (bicyclic) bond motifs is 1. The molecular weight excluding hydrogens is 386 g/mol. The van der Waals surface area contributed by atoms with Gasteiger partial charge in [-0.3, -0.25) is 4.79 Å². The maximum absolute atomic E-state index is 12.7. The summed E-state index contributed by atoms with van der Waals surface area (Å²) >= 11 is 6.12. The van der Waals surface area contributed by atoms with E-state index in [0.29, 0.717) is 16.5 Å². The summed E-state index contributed by atoms with van der Waals surface area (Å²) in [4.78, 5) is 17.5. The van der Waals surface area contributed by atoms with Gasteiger partial charge >= 0.3 is 0 Å². The van der Waals surface area contributed by atoms with Crippen LogP contribution in [0.1, 0.15) is 12.5 Å². The molecule has 2 heterocycles. The van der Waals surface area contributed by atoms with Crippen LogP contribution in [0.25, 0.3) is 16.9 Å². The molecule has 6 heteroatoms. The second kappa shape index (κ2) is 7.97. The van der Waals surface area contributed by atoms with Gasteiger partial charge in [0, 0.05) is 18.0 Å². The van der Waals surface area contributed by atoms with Gasteiger partial charge in [-0.2, -0.15) is 0 Å². The van der Waals surface area contributed by atoms with E-state index in [4.69, 9.17) is 21.3 Å². The van der Waals surface area contributed by atoms with E-state index in [0.717, 1.165) is 22.5 Å². The van der Waals surface area contributed by atoms with Gasteiger partial charge in [0.15, 0.2) is 6.10 Å². The molecule has 1 atom stereocenters. The fourth-order valence-electron chi connectivity index (χ4n) is 3.12. The van der Waals surface area contributed by atoms with Crippen LogP contribution in [0.2, 0.25) is 5.02 Å². The number of pyridine rings is 1. The number of hydrogen-bond acceptors (Lipinski definition) is 3. The van der Waals surface area contributed by atoms with Gasteiger partial charge in [0.2, 0.25) is 0 Å². The number of ether oxygens (including phenoxy) is 1. The molecule has 0 spiro atoms. The SMILES string of the molecule is Cc1cccn2cc(-c3ccccc3NC(=O)[C@H](C)Oc3ccccc3Cl)nc12. The number of anilines is 1. The summed E-state index contributed by atoms with van der Waals surface area (Å²) in [6, 6.07) is 18.7. The minimum Gasteiger partial charge on any atom is -0.479 e. The van der Waals surface area contributed by atoms with Gasteiger partial charge in [-0.1, -0.05) is 48.0 Å². The zero-order valence-corrected chi connectivity index (χ0v) is 16.9. The van der Waals surface area contributed by atoms with Crippen LogP contribution in [-0.2, 0) is 4.79 Å². The number of nitrogens with zero attached hydrogens (tertiary/aromatic N) is 2. The molecule has 2 aromatic heterocycles. The van der Waals surface area contributed by atoms with Crippen LogP contribution in [0.15, 0.2) is 73.1 Å². The van der Waals surface area contributed by atoms with Gasteiger partial charge in [0.1, 0.15) is 11.4 Å². The van der Waals surface area contributed by atoms with Gasteiger partial charge in [0.05, 0.1) is 16.4 Å². The Morgan fingerprint density at radius 1 is 1.10 bits per heavy atom. The summed E-state index contributed by atoms with van der Waals surface area (Å²) in [6.45, 7) is 3.71. The molecule has 5 nitrogen and oxygen atoms in total. The average Bonchev–Trinajstić information content (AvgIpc) is 3.15. The van der Waals surface area contributed by atoms with Gasteiger partial charge in [-0.05, 0) is 43.7 Å². The molecular formula is C23H20ClN3O2. The van der Waals surface area contributed by atoms with Crippen LogP contribution in [-0.4, -0.2) is 21.4 Å². The highest BCUT2D eigenvalue weighted by molar-refractivity contribution is 6.32. The Balaban J connectivity index is 1.59.